The Bertz CT molecular complexity index is 535. The standard InChI is InChI=1S/C13H14ClN3O2/c14-10-3-1-9(2-4-10)13-16-12(19-17-13)7-11-8-15-5-6-18-11/h1-4,11,15H,5-8H2. The fourth-order valence-electron chi connectivity index (χ4n) is 2.00. The van der Waals surface area contributed by atoms with Gasteiger partial charge < -0.3 is 14.6 Å². The van der Waals surface area contributed by atoms with Crippen molar-refractivity contribution in [3.63, 3.8) is 0 Å². The van der Waals surface area contributed by atoms with Gasteiger partial charge in [-0.25, -0.2) is 0 Å². The number of nitrogens with zero attached hydrogens (tertiary/aromatic N) is 2. The third-order valence-corrected chi connectivity index (χ3v) is 3.23. The Morgan fingerprint density at radius 1 is 1.32 bits per heavy atom. The quantitative estimate of drug-likeness (QED) is 0.930. The first-order valence-corrected chi connectivity index (χ1v) is 6.60. The van der Waals surface area contributed by atoms with Crippen molar-refractivity contribution in [3.05, 3.63) is 35.2 Å². The van der Waals surface area contributed by atoms with Crippen molar-refractivity contribution in [2.75, 3.05) is 19.7 Å². The minimum atomic E-state index is 0.104. The molecule has 1 saturated heterocycles. The number of aromatic nitrogens is 2. The number of ether oxygens (including phenoxy) is 1. The smallest absolute Gasteiger partial charge is 0.229 e. The summed E-state index contributed by atoms with van der Waals surface area (Å²) < 4.78 is 10.9. The van der Waals surface area contributed by atoms with Gasteiger partial charge in [0.25, 0.3) is 0 Å². The lowest BCUT2D eigenvalue weighted by atomic mass is 10.2. The molecular formula is C13H14ClN3O2. The summed E-state index contributed by atoms with van der Waals surface area (Å²) in [5.41, 5.74) is 0.891. The average Bonchev–Trinajstić information content (AvgIpc) is 2.89. The topological polar surface area (TPSA) is 60.2 Å². The van der Waals surface area contributed by atoms with E-state index in [9.17, 15) is 0 Å². The van der Waals surface area contributed by atoms with Gasteiger partial charge in [-0.05, 0) is 24.3 Å². The van der Waals surface area contributed by atoms with Crippen LogP contribution >= 0.6 is 11.6 Å². The Morgan fingerprint density at radius 2 is 2.16 bits per heavy atom. The molecule has 1 aromatic heterocycles. The summed E-state index contributed by atoms with van der Waals surface area (Å²) in [6.07, 6.45) is 0.736. The van der Waals surface area contributed by atoms with E-state index < -0.39 is 0 Å². The molecule has 0 aliphatic carbocycles. The second-order valence-corrected chi connectivity index (χ2v) is 4.86. The molecule has 0 radical (unpaired) electrons. The molecule has 1 atom stereocenters. The monoisotopic (exact) mass is 279 g/mol. The zero-order valence-electron chi connectivity index (χ0n) is 10.3. The maximum absolute atomic E-state index is 5.85. The summed E-state index contributed by atoms with van der Waals surface area (Å²) in [5, 5.41) is 7.94. The lowest BCUT2D eigenvalue weighted by molar-refractivity contribution is 0.0246. The van der Waals surface area contributed by atoms with E-state index in [1.54, 1.807) is 12.1 Å². The molecule has 0 spiro atoms. The molecule has 2 heterocycles. The van der Waals surface area contributed by atoms with Gasteiger partial charge in [0.1, 0.15) is 0 Å². The second-order valence-electron chi connectivity index (χ2n) is 4.42. The average molecular weight is 280 g/mol. The number of hydrogen-bond acceptors (Lipinski definition) is 5. The largest absolute Gasteiger partial charge is 0.375 e. The number of hydrogen-bond donors (Lipinski definition) is 1. The van der Waals surface area contributed by atoms with E-state index in [2.05, 4.69) is 15.5 Å². The molecule has 1 unspecified atom stereocenters. The molecule has 0 bridgehead atoms. The predicted octanol–water partition coefficient (Wildman–Crippen LogP) is 1.92. The summed E-state index contributed by atoms with van der Waals surface area (Å²) >= 11 is 5.85. The van der Waals surface area contributed by atoms with Gasteiger partial charge in [-0.15, -0.1) is 0 Å². The summed E-state index contributed by atoms with van der Waals surface area (Å²) in [6, 6.07) is 7.35. The molecule has 1 fully saturated rings. The van der Waals surface area contributed by atoms with Crippen LogP contribution in [0.5, 0.6) is 0 Å². The van der Waals surface area contributed by atoms with Gasteiger partial charge in [0.2, 0.25) is 11.7 Å². The molecule has 1 N–H and O–H groups in total. The Morgan fingerprint density at radius 3 is 2.89 bits per heavy atom. The van der Waals surface area contributed by atoms with Crippen molar-refractivity contribution in [1.82, 2.24) is 15.5 Å². The molecule has 5 nitrogen and oxygen atoms in total. The number of halogens is 1. The van der Waals surface area contributed by atoms with Gasteiger partial charge in [0, 0.05) is 23.7 Å². The van der Waals surface area contributed by atoms with Crippen molar-refractivity contribution in [1.29, 1.82) is 0 Å². The maximum atomic E-state index is 5.85. The third kappa shape index (κ3) is 3.12. The second kappa shape index (κ2) is 5.69. The van der Waals surface area contributed by atoms with Crippen molar-refractivity contribution in [2.45, 2.75) is 12.5 Å². The van der Waals surface area contributed by atoms with Crippen LogP contribution in [-0.2, 0) is 11.2 Å². The molecule has 19 heavy (non-hydrogen) atoms. The van der Waals surface area contributed by atoms with E-state index in [1.165, 1.54) is 0 Å². The van der Waals surface area contributed by atoms with Crippen LogP contribution in [-0.4, -0.2) is 35.9 Å². The minimum Gasteiger partial charge on any atom is -0.375 e. The van der Waals surface area contributed by atoms with Crippen LogP contribution in [0.25, 0.3) is 11.4 Å². The normalized spacial score (nSPS) is 19.5. The number of rotatable bonds is 3. The van der Waals surface area contributed by atoms with Gasteiger partial charge in [-0.3, -0.25) is 0 Å². The summed E-state index contributed by atoms with van der Waals surface area (Å²) in [4.78, 5) is 4.38. The van der Waals surface area contributed by atoms with Crippen molar-refractivity contribution in [3.8, 4) is 11.4 Å². The van der Waals surface area contributed by atoms with E-state index in [4.69, 9.17) is 20.9 Å². The highest BCUT2D eigenvalue weighted by atomic mass is 35.5. The van der Waals surface area contributed by atoms with Gasteiger partial charge in [0.15, 0.2) is 0 Å². The number of nitrogens with one attached hydrogen (secondary N) is 1. The highest BCUT2D eigenvalue weighted by Gasteiger charge is 2.18. The number of morpholine rings is 1. The van der Waals surface area contributed by atoms with E-state index in [0.29, 0.717) is 23.2 Å². The van der Waals surface area contributed by atoms with Crippen LogP contribution in [0.1, 0.15) is 5.89 Å². The fraction of sp³-hybridized carbons (Fsp3) is 0.385. The highest BCUT2D eigenvalue weighted by molar-refractivity contribution is 6.30. The van der Waals surface area contributed by atoms with E-state index in [-0.39, 0.29) is 6.10 Å². The molecule has 3 rings (SSSR count). The van der Waals surface area contributed by atoms with E-state index in [0.717, 1.165) is 25.3 Å². The lowest BCUT2D eigenvalue weighted by Gasteiger charge is -2.21. The Hall–Kier alpha value is -1.43. The molecule has 1 aliphatic heterocycles. The number of benzene rings is 1. The Labute approximate surface area is 115 Å². The fourth-order valence-corrected chi connectivity index (χ4v) is 2.13. The molecule has 100 valence electrons. The Kier molecular flexibility index (Phi) is 3.77. The zero-order chi connectivity index (χ0) is 13.1. The van der Waals surface area contributed by atoms with Crippen molar-refractivity contribution >= 4 is 11.6 Å². The van der Waals surface area contributed by atoms with Crippen LogP contribution in [0.15, 0.2) is 28.8 Å². The first kappa shape index (κ1) is 12.6. The molecule has 2 aromatic rings. The minimum absolute atomic E-state index is 0.104. The predicted molar refractivity (Wildman–Crippen MR) is 71.1 cm³/mol. The molecule has 0 saturated carbocycles. The Balaban J connectivity index is 1.70. The molecule has 1 aliphatic rings. The zero-order valence-corrected chi connectivity index (χ0v) is 11.1. The molecule has 6 heteroatoms. The van der Waals surface area contributed by atoms with E-state index >= 15 is 0 Å². The first-order chi connectivity index (χ1) is 9.31. The van der Waals surface area contributed by atoms with Crippen LogP contribution in [0, 0.1) is 0 Å². The van der Waals surface area contributed by atoms with Crippen molar-refractivity contribution in [2.24, 2.45) is 0 Å². The highest BCUT2D eigenvalue weighted by Crippen LogP contribution is 2.19. The lowest BCUT2D eigenvalue weighted by Crippen LogP contribution is -2.39. The van der Waals surface area contributed by atoms with Crippen LogP contribution in [0.3, 0.4) is 0 Å². The SMILES string of the molecule is Clc1ccc(-c2noc(CC3CNCCO3)n2)cc1. The van der Waals surface area contributed by atoms with E-state index in [1.807, 2.05) is 12.1 Å². The van der Waals surface area contributed by atoms with Gasteiger partial charge in [-0.1, -0.05) is 16.8 Å². The molecular weight excluding hydrogens is 266 g/mol. The third-order valence-electron chi connectivity index (χ3n) is 2.98. The summed E-state index contributed by atoms with van der Waals surface area (Å²) in [6.45, 7) is 2.44. The summed E-state index contributed by atoms with van der Waals surface area (Å²) in [5.74, 6) is 1.18. The summed E-state index contributed by atoms with van der Waals surface area (Å²) in [7, 11) is 0. The van der Waals surface area contributed by atoms with Crippen LogP contribution in [0.2, 0.25) is 5.02 Å². The van der Waals surface area contributed by atoms with Crippen LogP contribution < -0.4 is 5.32 Å². The molecule has 1 aromatic carbocycles. The van der Waals surface area contributed by atoms with Gasteiger partial charge >= 0.3 is 0 Å². The molecule has 0 amide bonds. The van der Waals surface area contributed by atoms with Gasteiger partial charge in [0.05, 0.1) is 19.1 Å². The van der Waals surface area contributed by atoms with Crippen molar-refractivity contribution < 1.29 is 9.26 Å². The maximum Gasteiger partial charge on any atom is 0.229 e. The first-order valence-electron chi connectivity index (χ1n) is 6.22. The van der Waals surface area contributed by atoms with Crippen LogP contribution in [0.4, 0.5) is 0 Å². The van der Waals surface area contributed by atoms with Gasteiger partial charge in [-0.2, -0.15) is 4.98 Å².